The largest absolute Gasteiger partial charge is 0.416 e. The smallest absolute Gasteiger partial charge is 0.370 e. The molecule has 3 fully saturated rings. The molecule has 0 spiro atoms. The van der Waals surface area contributed by atoms with Crippen molar-refractivity contribution in [3.05, 3.63) is 63.0 Å². The van der Waals surface area contributed by atoms with Crippen molar-refractivity contribution in [1.82, 2.24) is 4.57 Å². The Morgan fingerprint density at radius 3 is 2.45 bits per heavy atom. The molecule has 5 rings (SSSR count). The number of rotatable bonds is 4. The van der Waals surface area contributed by atoms with E-state index in [1.54, 1.807) is 10.6 Å². The zero-order valence-electron chi connectivity index (χ0n) is 15.9. The van der Waals surface area contributed by atoms with E-state index in [1.165, 1.54) is 25.0 Å². The first kappa shape index (κ1) is 19.0. The summed E-state index contributed by atoms with van der Waals surface area (Å²) >= 11 is 6.42. The molecule has 0 atom stereocenters. The molecule has 0 bridgehead atoms. The SMILES string of the molecule is O=c1c(Cl)c(N2CCC(c3cccc(C(F)(F)F)c3)CC2)ccn1CC12CC1C2. The summed E-state index contributed by atoms with van der Waals surface area (Å²) in [4.78, 5) is 14.7. The third kappa shape index (κ3) is 3.45. The first-order chi connectivity index (χ1) is 13.8. The molecule has 2 saturated carbocycles. The van der Waals surface area contributed by atoms with Gasteiger partial charge >= 0.3 is 6.18 Å². The summed E-state index contributed by atoms with van der Waals surface area (Å²) in [5.74, 6) is 0.885. The van der Waals surface area contributed by atoms with Crippen LogP contribution in [0.3, 0.4) is 0 Å². The van der Waals surface area contributed by atoms with Crippen LogP contribution in [-0.4, -0.2) is 17.7 Å². The minimum atomic E-state index is -4.32. The normalized spacial score (nSPS) is 26.3. The average Bonchev–Trinajstić information content (AvgIpc) is 3.56. The molecule has 1 aromatic heterocycles. The minimum Gasteiger partial charge on any atom is -0.370 e. The van der Waals surface area contributed by atoms with Crippen molar-refractivity contribution < 1.29 is 13.2 Å². The van der Waals surface area contributed by atoms with Crippen LogP contribution in [0, 0.1) is 11.3 Å². The Labute approximate surface area is 172 Å². The van der Waals surface area contributed by atoms with Crippen molar-refractivity contribution in [2.75, 3.05) is 18.0 Å². The highest BCUT2D eigenvalue weighted by molar-refractivity contribution is 6.33. The van der Waals surface area contributed by atoms with Gasteiger partial charge in [0.2, 0.25) is 0 Å². The number of nitrogens with zero attached hydrogens (tertiary/aromatic N) is 2. The number of hydrogen-bond donors (Lipinski definition) is 0. The summed E-state index contributed by atoms with van der Waals surface area (Å²) in [6.07, 6.45) is 1.42. The summed E-state index contributed by atoms with van der Waals surface area (Å²) in [5.41, 5.74) is 1.09. The van der Waals surface area contributed by atoms with E-state index in [4.69, 9.17) is 11.6 Å². The lowest BCUT2D eigenvalue weighted by Gasteiger charge is -2.34. The molecule has 154 valence electrons. The van der Waals surface area contributed by atoms with Gasteiger partial charge < -0.3 is 9.47 Å². The van der Waals surface area contributed by atoms with Crippen LogP contribution in [0.25, 0.3) is 0 Å². The highest BCUT2D eigenvalue weighted by Gasteiger charge is 2.69. The number of anilines is 1. The molecule has 0 N–H and O–H groups in total. The van der Waals surface area contributed by atoms with E-state index in [0.29, 0.717) is 18.5 Å². The van der Waals surface area contributed by atoms with Gasteiger partial charge in [0.1, 0.15) is 5.02 Å². The number of halogens is 4. The molecule has 2 aliphatic carbocycles. The molecule has 2 aromatic rings. The van der Waals surface area contributed by atoms with E-state index >= 15 is 0 Å². The second-order valence-corrected chi connectivity index (χ2v) is 9.18. The number of piperidine rings is 1. The molecule has 0 unspecified atom stereocenters. The first-order valence-corrected chi connectivity index (χ1v) is 10.5. The number of pyridine rings is 1. The Kier molecular flexibility index (Phi) is 4.28. The van der Waals surface area contributed by atoms with Crippen LogP contribution < -0.4 is 10.5 Å². The predicted molar refractivity (Wildman–Crippen MR) is 107 cm³/mol. The van der Waals surface area contributed by atoms with Crippen LogP contribution in [0.1, 0.15) is 42.7 Å². The summed E-state index contributed by atoms with van der Waals surface area (Å²) < 4.78 is 40.7. The van der Waals surface area contributed by atoms with Crippen LogP contribution in [-0.2, 0) is 12.7 Å². The van der Waals surface area contributed by atoms with E-state index in [9.17, 15) is 18.0 Å². The maximum absolute atomic E-state index is 13.0. The lowest BCUT2D eigenvalue weighted by molar-refractivity contribution is -0.137. The van der Waals surface area contributed by atoms with Gasteiger partial charge in [-0.3, -0.25) is 4.79 Å². The van der Waals surface area contributed by atoms with Crippen LogP contribution in [0.5, 0.6) is 0 Å². The van der Waals surface area contributed by atoms with Crippen LogP contribution in [0.15, 0.2) is 41.3 Å². The molecule has 3 nitrogen and oxygen atoms in total. The zero-order valence-corrected chi connectivity index (χ0v) is 16.6. The topological polar surface area (TPSA) is 25.2 Å². The third-order valence-corrected chi connectivity index (χ3v) is 7.30. The van der Waals surface area contributed by atoms with Crippen LogP contribution in [0.4, 0.5) is 18.9 Å². The second-order valence-electron chi connectivity index (χ2n) is 8.80. The minimum absolute atomic E-state index is 0.0773. The number of aromatic nitrogens is 1. The molecule has 0 radical (unpaired) electrons. The van der Waals surface area contributed by atoms with Gasteiger partial charge in [-0.25, -0.2) is 0 Å². The average molecular weight is 423 g/mol. The van der Waals surface area contributed by atoms with Gasteiger partial charge in [0.15, 0.2) is 0 Å². The van der Waals surface area contributed by atoms with Crippen LogP contribution >= 0.6 is 11.6 Å². The van der Waals surface area contributed by atoms with Gasteiger partial charge in [-0.1, -0.05) is 29.8 Å². The molecule has 7 heteroatoms. The van der Waals surface area contributed by atoms with E-state index in [-0.39, 0.29) is 16.5 Å². The number of benzene rings is 1. The molecule has 2 heterocycles. The molecule has 29 heavy (non-hydrogen) atoms. The van der Waals surface area contributed by atoms with Crippen molar-refractivity contribution in [2.45, 2.75) is 44.3 Å². The quantitative estimate of drug-likeness (QED) is 0.666. The van der Waals surface area contributed by atoms with Gasteiger partial charge in [0, 0.05) is 25.8 Å². The predicted octanol–water partition coefficient (Wildman–Crippen LogP) is 5.31. The Morgan fingerprint density at radius 1 is 1.14 bits per heavy atom. The van der Waals surface area contributed by atoms with Crippen LogP contribution in [0.2, 0.25) is 5.02 Å². The first-order valence-electron chi connectivity index (χ1n) is 10.1. The van der Waals surface area contributed by atoms with Crippen molar-refractivity contribution in [3.8, 4) is 0 Å². The monoisotopic (exact) mass is 422 g/mol. The Morgan fingerprint density at radius 2 is 1.83 bits per heavy atom. The van der Waals surface area contributed by atoms with Gasteiger partial charge in [0.05, 0.1) is 11.3 Å². The maximum Gasteiger partial charge on any atom is 0.416 e. The number of alkyl halides is 3. The molecular weight excluding hydrogens is 401 g/mol. The van der Waals surface area contributed by atoms with E-state index in [0.717, 1.165) is 42.6 Å². The van der Waals surface area contributed by atoms with Gasteiger partial charge in [-0.05, 0) is 60.6 Å². The second kappa shape index (κ2) is 6.53. The fourth-order valence-electron chi connectivity index (χ4n) is 4.73. The highest BCUT2D eigenvalue weighted by Crippen LogP contribution is 2.76. The van der Waals surface area contributed by atoms with Gasteiger partial charge in [0.25, 0.3) is 5.56 Å². The van der Waals surface area contributed by atoms with Crippen molar-refractivity contribution in [3.63, 3.8) is 0 Å². The van der Waals surface area contributed by atoms with E-state index in [1.807, 2.05) is 12.3 Å². The van der Waals surface area contributed by atoms with Gasteiger partial charge in [-0.15, -0.1) is 0 Å². The molecule has 1 aliphatic heterocycles. The number of hydrogen-bond acceptors (Lipinski definition) is 2. The lowest BCUT2D eigenvalue weighted by Crippen LogP contribution is -2.35. The molecule has 1 saturated heterocycles. The Balaban J connectivity index is 1.28. The molecule has 1 aromatic carbocycles. The summed E-state index contributed by atoms with van der Waals surface area (Å²) in [6, 6.07) is 7.52. The molecule has 3 aliphatic rings. The maximum atomic E-state index is 13.0. The van der Waals surface area contributed by atoms with Crippen molar-refractivity contribution in [1.29, 1.82) is 0 Å². The van der Waals surface area contributed by atoms with E-state index < -0.39 is 11.7 Å². The highest BCUT2D eigenvalue weighted by atomic mass is 35.5. The Hall–Kier alpha value is -1.95. The summed E-state index contributed by atoms with van der Waals surface area (Å²) in [7, 11) is 0. The summed E-state index contributed by atoms with van der Waals surface area (Å²) in [5, 5.41) is 0.249. The fraction of sp³-hybridized carbons (Fsp3) is 0.500. The molecule has 0 amide bonds. The van der Waals surface area contributed by atoms with Gasteiger partial charge in [-0.2, -0.15) is 13.2 Å². The zero-order chi connectivity index (χ0) is 20.4. The third-order valence-electron chi connectivity index (χ3n) is 6.94. The molecular formula is C22H22ClF3N2O. The summed E-state index contributed by atoms with van der Waals surface area (Å²) in [6.45, 7) is 2.08. The fourth-order valence-corrected chi connectivity index (χ4v) is 5.02. The van der Waals surface area contributed by atoms with Crippen molar-refractivity contribution >= 4 is 17.3 Å². The lowest BCUT2D eigenvalue weighted by atomic mass is 9.88. The standard InChI is InChI=1S/C22H22ClF3N2O/c23-19-18(6-9-28(20(19)29)13-21-11-17(21)12-21)27-7-4-14(5-8-27)15-2-1-3-16(10-15)22(24,25)26/h1-3,6,9-10,14,17H,4-5,7-8,11-13H2. The van der Waals surface area contributed by atoms with Crippen molar-refractivity contribution in [2.24, 2.45) is 11.3 Å². The van der Waals surface area contributed by atoms with E-state index in [2.05, 4.69) is 4.90 Å². The Bertz CT molecular complexity index is 1000. The number of fused-ring (bicyclic) bond motifs is 1.